The van der Waals surface area contributed by atoms with E-state index in [9.17, 15) is 13.2 Å². The molecule has 4 aromatic rings. The third-order valence-electron chi connectivity index (χ3n) is 4.48. The second kappa shape index (κ2) is 7.90. The van der Waals surface area contributed by atoms with Crippen LogP contribution in [-0.4, -0.2) is 28.0 Å². The molecular weight excluding hydrogens is 395 g/mol. The molecule has 0 fully saturated rings. The van der Waals surface area contributed by atoms with Gasteiger partial charge in [-0.3, -0.25) is 9.55 Å². The first-order valence-corrected chi connectivity index (χ1v) is 8.92. The predicted octanol–water partition coefficient (Wildman–Crippen LogP) is 5.51. The van der Waals surface area contributed by atoms with Crippen molar-refractivity contribution in [2.24, 2.45) is 0 Å². The van der Waals surface area contributed by atoms with Crippen LogP contribution in [0, 0.1) is 0 Å². The van der Waals surface area contributed by atoms with Gasteiger partial charge in [-0.15, -0.1) is 13.2 Å². The largest absolute Gasteiger partial charge is 0.573 e. The smallest absolute Gasteiger partial charge is 0.496 e. The first-order chi connectivity index (χ1) is 14.5. The van der Waals surface area contributed by atoms with Crippen molar-refractivity contribution in [3.8, 4) is 39.6 Å². The molecule has 0 aliphatic carbocycles. The van der Waals surface area contributed by atoms with Gasteiger partial charge in [0.15, 0.2) is 0 Å². The summed E-state index contributed by atoms with van der Waals surface area (Å²) in [6.07, 6.45) is 1.92. The first kappa shape index (κ1) is 19.5. The number of halogens is 3. The highest BCUT2D eigenvalue weighted by Crippen LogP contribution is 2.35. The van der Waals surface area contributed by atoms with E-state index in [0.717, 1.165) is 16.8 Å². The van der Waals surface area contributed by atoms with Gasteiger partial charge in [-0.25, -0.2) is 4.98 Å². The quantitative estimate of drug-likeness (QED) is 0.435. The van der Waals surface area contributed by atoms with Crippen molar-refractivity contribution in [3.05, 3.63) is 79.5 Å². The minimum atomic E-state index is -4.73. The van der Waals surface area contributed by atoms with E-state index in [1.54, 1.807) is 44.2 Å². The summed E-state index contributed by atoms with van der Waals surface area (Å²) in [6, 6.07) is 15.1. The molecule has 2 aromatic heterocycles. The van der Waals surface area contributed by atoms with E-state index in [1.807, 2.05) is 34.9 Å². The first-order valence-electron chi connectivity index (χ1n) is 8.92. The molecule has 0 spiro atoms. The number of benzene rings is 2. The van der Waals surface area contributed by atoms with Crippen molar-refractivity contribution in [2.45, 2.75) is 6.36 Å². The van der Waals surface area contributed by atoms with Gasteiger partial charge >= 0.3 is 6.36 Å². The van der Waals surface area contributed by atoms with Crippen LogP contribution in [0.1, 0.15) is 0 Å². The lowest BCUT2D eigenvalue weighted by molar-refractivity contribution is -0.274. The zero-order chi connectivity index (χ0) is 21.1. The zero-order valence-electron chi connectivity index (χ0n) is 15.8. The van der Waals surface area contributed by atoms with Gasteiger partial charge in [0, 0.05) is 22.9 Å². The number of ether oxygens (including phenoxy) is 2. The van der Waals surface area contributed by atoms with Crippen molar-refractivity contribution in [1.29, 1.82) is 0 Å². The molecule has 0 aliphatic heterocycles. The number of hydrogen-bond acceptors (Lipinski definition) is 4. The Labute approximate surface area is 170 Å². The van der Waals surface area contributed by atoms with Crippen LogP contribution in [0.15, 0.2) is 79.5 Å². The maximum atomic E-state index is 12.4. The van der Waals surface area contributed by atoms with Crippen molar-refractivity contribution in [1.82, 2.24) is 14.5 Å². The monoisotopic (exact) mass is 411 g/mol. The minimum Gasteiger partial charge on any atom is -0.496 e. The van der Waals surface area contributed by atoms with Crippen molar-refractivity contribution in [2.75, 3.05) is 7.11 Å². The third-order valence-corrected chi connectivity index (χ3v) is 4.48. The average Bonchev–Trinajstić information content (AvgIpc) is 3.23. The normalized spacial score (nSPS) is 11.3. The van der Waals surface area contributed by atoms with Gasteiger partial charge in [0.2, 0.25) is 0 Å². The van der Waals surface area contributed by atoms with Gasteiger partial charge in [0.25, 0.3) is 0 Å². The highest BCUT2D eigenvalue weighted by molar-refractivity contribution is 5.78. The molecule has 2 heterocycles. The van der Waals surface area contributed by atoms with E-state index in [2.05, 4.69) is 14.7 Å². The molecule has 5 nitrogen and oxygen atoms in total. The maximum Gasteiger partial charge on any atom is 0.573 e. The molecule has 0 bridgehead atoms. The molecule has 0 atom stereocenters. The van der Waals surface area contributed by atoms with E-state index >= 15 is 0 Å². The molecule has 0 unspecified atom stereocenters. The van der Waals surface area contributed by atoms with Gasteiger partial charge in [0.1, 0.15) is 11.5 Å². The molecule has 4 rings (SSSR count). The number of aromatic nitrogens is 3. The Balaban J connectivity index is 1.76. The van der Waals surface area contributed by atoms with Gasteiger partial charge in [-0.1, -0.05) is 18.2 Å². The second-order valence-electron chi connectivity index (χ2n) is 6.31. The molecule has 0 amide bonds. The molecule has 0 saturated heterocycles. The summed E-state index contributed by atoms with van der Waals surface area (Å²) in [6.45, 7) is 0. The molecule has 152 valence electrons. The van der Waals surface area contributed by atoms with E-state index in [4.69, 9.17) is 4.74 Å². The summed E-state index contributed by atoms with van der Waals surface area (Å²) in [4.78, 5) is 8.46. The lowest BCUT2D eigenvalue weighted by Crippen LogP contribution is -2.16. The van der Waals surface area contributed by atoms with Crippen LogP contribution in [0.2, 0.25) is 0 Å². The maximum absolute atomic E-state index is 12.4. The second-order valence-corrected chi connectivity index (χ2v) is 6.31. The van der Waals surface area contributed by atoms with Crippen LogP contribution in [0.25, 0.3) is 28.1 Å². The number of para-hydroxylation sites is 1. The molecule has 2 aromatic carbocycles. The number of rotatable bonds is 5. The standard InChI is InChI=1S/C22H16F3N3O2/c1-29-21-5-3-2-4-18(21)17-10-11-26-13-20(17)28-14-27-12-19(28)15-6-8-16(9-7-15)30-22(23,24)25/h2-14H,1H3. The number of alkyl halides is 3. The lowest BCUT2D eigenvalue weighted by atomic mass is 10.0. The van der Waals surface area contributed by atoms with Gasteiger partial charge in [0.05, 0.1) is 37.2 Å². The summed E-state index contributed by atoms with van der Waals surface area (Å²) >= 11 is 0. The summed E-state index contributed by atoms with van der Waals surface area (Å²) < 4.78 is 48.5. The number of imidazole rings is 1. The Morgan fingerprint density at radius 1 is 0.867 bits per heavy atom. The number of nitrogens with zero attached hydrogens (tertiary/aromatic N) is 3. The van der Waals surface area contributed by atoms with Gasteiger partial charge in [-0.2, -0.15) is 0 Å². The Morgan fingerprint density at radius 2 is 1.63 bits per heavy atom. The van der Waals surface area contributed by atoms with Gasteiger partial charge in [-0.05, 0) is 36.4 Å². The number of hydrogen-bond donors (Lipinski definition) is 0. The van der Waals surface area contributed by atoms with Crippen LogP contribution in [0.5, 0.6) is 11.5 Å². The fourth-order valence-electron chi connectivity index (χ4n) is 3.20. The highest BCUT2D eigenvalue weighted by atomic mass is 19.4. The van der Waals surface area contributed by atoms with Crippen LogP contribution >= 0.6 is 0 Å². The average molecular weight is 411 g/mol. The Hall–Kier alpha value is -3.81. The molecule has 8 heteroatoms. The van der Waals surface area contributed by atoms with Crippen LogP contribution in [0.4, 0.5) is 13.2 Å². The van der Waals surface area contributed by atoms with Crippen LogP contribution in [0.3, 0.4) is 0 Å². The molecular formula is C22H16F3N3O2. The summed E-state index contributed by atoms with van der Waals surface area (Å²) in [5.41, 5.74) is 3.88. The Morgan fingerprint density at radius 3 is 2.37 bits per heavy atom. The number of pyridine rings is 1. The van der Waals surface area contributed by atoms with E-state index in [0.29, 0.717) is 17.0 Å². The Kier molecular flexibility index (Phi) is 5.14. The van der Waals surface area contributed by atoms with Crippen LogP contribution < -0.4 is 9.47 Å². The fraction of sp³-hybridized carbons (Fsp3) is 0.0909. The molecule has 0 saturated carbocycles. The lowest BCUT2D eigenvalue weighted by Gasteiger charge is -2.15. The third kappa shape index (κ3) is 3.98. The predicted molar refractivity (Wildman–Crippen MR) is 105 cm³/mol. The van der Waals surface area contributed by atoms with E-state index < -0.39 is 6.36 Å². The molecule has 0 aliphatic rings. The van der Waals surface area contributed by atoms with Crippen molar-refractivity contribution >= 4 is 0 Å². The highest BCUT2D eigenvalue weighted by Gasteiger charge is 2.31. The zero-order valence-corrected chi connectivity index (χ0v) is 15.8. The van der Waals surface area contributed by atoms with Crippen molar-refractivity contribution in [3.63, 3.8) is 0 Å². The Bertz CT molecular complexity index is 1150. The van der Waals surface area contributed by atoms with Crippen LogP contribution in [-0.2, 0) is 0 Å². The van der Waals surface area contributed by atoms with E-state index in [1.165, 1.54) is 12.1 Å². The molecule has 30 heavy (non-hydrogen) atoms. The van der Waals surface area contributed by atoms with E-state index in [-0.39, 0.29) is 5.75 Å². The fourth-order valence-corrected chi connectivity index (χ4v) is 3.20. The minimum absolute atomic E-state index is 0.284. The summed E-state index contributed by atoms with van der Waals surface area (Å²) in [7, 11) is 1.60. The molecule has 0 radical (unpaired) electrons. The summed E-state index contributed by atoms with van der Waals surface area (Å²) in [5, 5.41) is 0. The SMILES string of the molecule is COc1ccccc1-c1ccncc1-n1cncc1-c1ccc(OC(F)(F)F)cc1. The van der Waals surface area contributed by atoms with Gasteiger partial charge < -0.3 is 9.47 Å². The molecule has 0 N–H and O–H groups in total. The summed E-state index contributed by atoms with van der Waals surface area (Å²) in [5.74, 6) is 0.425. The topological polar surface area (TPSA) is 49.2 Å². The number of methoxy groups -OCH3 is 1. The van der Waals surface area contributed by atoms with Crippen molar-refractivity contribution < 1.29 is 22.6 Å².